The lowest BCUT2D eigenvalue weighted by Crippen LogP contribution is -2.35. The quantitative estimate of drug-likeness (QED) is 0.739. The van der Waals surface area contributed by atoms with Gasteiger partial charge >= 0.3 is 0 Å². The van der Waals surface area contributed by atoms with E-state index < -0.39 is 11.3 Å². The first-order valence-corrected chi connectivity index (χ1v) is 6.18. The maximum Gasteiger partial charge on any atom is 0.248 e. The molecule has 1 aliphatic rings. The molecule has 0 saturated heterocycles. The van der Waals surface area contributed by atoms with Gasteiger partial charge in [0.1, 0.15) is 4.60 Å². The van der Waals surface area contributed by atoms with Crippen LogP contribution in [0, 0.1) is 11.3 Å². The zero-order chi connectivity index (χ0) is 12.5. The van der Waals surface area contributed by atoms with Gasteiger partial charge < -0.3 is 0 Å². The highest BCUT2D eigenvalue weighted by Gasteiger charge is 2.44. The Morgan fingerprint density at radius 3 is 2.35 bits per heavy atom. The van der Waals surface area contributed by atoms with Gasteiger partial charge in [0.15, 0.2) is 0 Å². The fourth-order valence-electron chi connectivity index (χ4n) is 2.17. The molecule has 0 aliphatic heterocycles. The fraction of sp³-hybridized carbons (Fsp3) is 0.500. The third kappa shape index (κ3) is 2.47. The molecule has 1 heterocycles. The summed E-state index contributed by atoms with van der Waals surface area (Å²) >= 11 is 3.21. The Kier molecular flexibility index (Phi) is 3.17. The first kappa shape index (κ1) is 12.4. The molecule has 1 saturated carbocycles. The van der Waals surface area contributed by atoms with Gasteiger partial charge in [-0.25, -0.2) is 13.8 Å². The zero-order valence-corrected chi connectivity index (χ0v) is 10.7. The second kappa shape index (κ2) is 4.34. The van der Waals surface area contributed by atoms with Gasteiger partial charge in [0.05, 0.1) is 11.5 Å². The van der Waals surface area contributed by atoms with Crippen LogP contribution in [0.2, 0.25) is 0 Å². The van der Waals surface area contributed by atoms with Crippen molar-refractivity contribution in [3.05, 3.63) is 28.5 Å². The topological polar surface area (TPSA) is 36.7 Å². The molecule has 0 atom stereocenters. The zero-order valence-electron chi connectivity index (χ0n) is 9.09. The summed E-state index contributed by atoms with van der Waals surface area (Å²) in [7, 11) is 0. The van der Waals surface area contributed by atoms with Crippen LogP contribution in [0.3, 0.4) is 0 Å². The Balaban J connectivity index is 2.28. The van der Waals surface area contributed by atoms with Crippen molar-refractivity contribution in [2.24, 2.45) is 0 Å². The van der Waals surface area contributed by atoms with E-state index in [1.165, 1.54) is 0 Å². The van der Waals surface area contributed by atoms with E-state index in [1.807, 2.05) is 0 Å². The van der Waals surface area contributed by atoms with Crippen molar-refractivity contribution in [1.82, 2.24) is 4.98 Å². The van der Waals surface area contributed by atoms with Gasteiger partial charge in [-0.15, -0.1) is 0 Å². The molecule has 1 fully saturated rings. The summed E-state index contributed by atoms with van der Waals surface area (Å²) in [5.74, 6) is -2.62. The molecule has 0 radical (unpaired) electrons. The summed E-state index contributed by atoms with van der Waals surface area (Å²) in [6.45, 7) is 0. The second-order valence-electron chi connectivity index (χ2n) is 4.42. The number of nitrogens with zero attached hydrogens (tertiary/aromatic N) is 2. The summed E-state index contributed by atoms with van der Waals surface area (Å²) in [4.78, 5) is 4.06. The van der Waals surface area contributed by atoms with Crippen molar-refractivity contribution in [2.75, 3.05) is 0 Å². The summed E-state index contributed by atoms with van der Waals surface area (Å²) < 4.78 is 26.9. The van der Waals surface area contributed by atoms with Gasteiger partial charge in [-0.05, 0) is 40.4 Å². The summed E-state index contributed by atoms with van der Waals surface area (Å²) in [5.41, 5.74) is -0.0613. The molecule has 2 nitrogen and oxygen atoms in total. The van der Waals surface area contributed by atoms with E-state index in [4.69, 9.17) is 0 Å². The standard InChI is InChI=1S/C12H11BrF2N2/c13-10-2-1-9(7-17-10)11(8-16)3-5-12(14,15)6-4-11/h1-2,7H,3-6H2. The van der Waals surface area contributed by atoms with Crippen molar-refractivity contribution < 1.29 is 8.78 Å². The first-order chi connectivity index (χ1) is 7.97. The molecular formula is C12H11BrF2N2. The van der Waals surface area contributed by atoms with E-state index in [0.717, 1.165) is 5.56 Å². The molecular weight excluding hydrogens is 290 g/mol. The van der Waals surface area contributed by atoms with E-state index in [2.05, 4.69) is 27.0 Å². The molecule has 1 aromatic rings. The van der Waals surface area contributed by atoms with Crippen molar-refractivity contribution in [3.8, 4) is 6.07 Å². The van der Waals surface area contributed by atoms with Gasteiger partial charge in [0.25, 0.3) is 0 Å². The van der Waals surface area contributed by atoms with Gasteiger partial charge in [0.2, 0.25) is 5.92 Å². The summed E-state index contributed by atoms with van der Waals surface area (Å²) in [6.07, 6.45) is 1.53. The van der Waals surface area contributed by atoms with E-state index in [0.29, 0.717) is 4.60 Å². The molecule has 0 bridgehead atoms. The van der Waals surface area contributed by atoms with E-state index in [-0.39, 0.29) is 25.7 Å². The second-order valence-corrected chi connectivity index (χ2v) is 5.23. The lowest BCUT2D eigenvalue weighted by molar-refractivity contribution is -0.0453. The highest BCUT2D eigenvalue weighted by atomic mass is 79.9. The number of nitriles is 1. The smallest absolute Gasteiger partial charge is 0.248 e. The van der Waals surface area contributed by atoms with Crippen molar-refractivity contribution in [2.45, 2.75) is 37.0 Å². The summed E-state index contributed by atoms with van der Waals surface area (Å²) in [6, 6.07) is 5.72. The van der Waals surface area contributed by atoms with Crippen molar-refractivity contribution in [1.29, 1.82) is 5.26 Å². The minimum atomic E-state index is -2.62. The van der Waals surface area contributed by atoms with Gasteiger partial charge in [-0.3, -0.25) is 0 Å². The van der Waals surface area contributed by atoms with Crippen molar-refractivity contribution in [3.63, 3.8) is 0 Å². The molecule has 0 amide bonds. The average Bonchev–Trinajstić information content (AvgIpc) is 2.31. The van der Waals surface area contributed by atoms with Crippen LogP contribution in [0.4, 0.5) is 8.78 Å². The number of halogens is 3. The Bertz CT molecular complexity index is 441. The lowest BCUT2D eigenvalue weighted by Gasteiger charge is -2.34. The number of rotatable bonds is 1. The number of alkyl halides is 2. The van der Waals surface area contributed by atoms with E-state index in [9.17, 15) is 14.0 Å². The number of aromatic nitrogens is 1. The van der Waals surface area contributed by atoms with Gasteiger partial charge in [0, 0.05) is 19.0 Å². The largest absolute Gasteiger partial charge is 0.249 e. The molecule has 90 valence electrons. The van der Waals surface area contributed by atoms with Crippen LogP contribution in [-0.2, 0) is 5.41 Å². The molecule has 0 aromatic carbocycles. The predicted molar refractivity (Wildman–Crippen MR) is 62.6 cm³/mol. The van der Waals surface area contributed by atoms with Crippen LogP contribution in [0.25, 0.3) is 0 Å². The Labute approximate surface area is 107 Å². The van der Waals surface area contributed by atoms with Gasteiger partial charge in [-0.1, -0.05) is 6.07 Å². The van der Waals surface area contributed by atoms with Crippen LogP contribution in [0.15, 0.2) is 22.9 Å². The normalized spacial score (nSPS) is 21.8. The fourth-order valence-corrected chi connectivity index (χ4v) is 2.40. The number of hydrogen-bond acceptors (Lipinski definition) is 2. The minimum absolute atomic E-state index is 0.194. The average molecular weight is 301 g/mol. The van der Waals surface area contributed by atoms with Crippen LogP contribution in [0.1, 0.15) is 31.2 Å². The van der Waals surface area contributed by atoms with Crippen LogP contribution >= 0.6 is 15.9 Å². The minimum Gasteiger partial charge on any atom is -0.249 e. The third-order valence-corrected chi connectivity index (χ3v) is 3.80. The van der Waals surface area contributed by atoms with E-state index in [1.54, 1.807) is 18.3 Å². The van der Waals surface area contributed by atoms with Gasteiger partial charge in [-0.2, -0.15) is 5.26 Å². The Morgan fingerprint density at radius 1 is 1.24 bits per heavy atom. The summed E-state index contributed by atoms with van der Waals surface area (Å²) in [5, 5.41) is 9.30. The maximum absolute atomic E-state index is 13.1. The highest BCUT2D eigenvalue weighted by Crippen LogP contribution is 2.44. The molecule has 17 heavy (non-hydrogen) atoms. The molecule has 0 spiro atoms. The maximum atomic E-state index is 13.1. The predicted octanol–water partition coefficient (Wildman–Crippen LogP) is 3.81. The first-order valence-electron chi connectivity index (χ1n) is 5.39. The van der Waals surface area contributed by atoms with Crippen LogP contribution < -0.4 is 0 Å². The molecule has 2 rings (SSSR count). The highest BCUT2D eigenvalue weighted by molar-refractivity contribution is 9.10. The van der Waals surface area contributed by atoms with Crippen molar-refractivity contribution >= 4 is 15.9 Å². The number of hydrogen-bond donors (Lipinski definition) is 0. The van der Waals surface area contributed by atoms with Crippen LogP contribution in [-0.4, -0.2) is 10.9 Å². The molecule has 0 N–H and O–H groups in total. The molecule has 1 aromatic heterocycles. The molecule has 5 heteroatoms. The number of pyridine rings is 1. The molecule has 0 unspecified atom stereocenters. The molecule has 1 aliphatic carbocycles. The lowest BCUT2D eigenvalue weighted by atomic mass is 9.70. The Hall–Kier alpha value is -1.02. The SMILES string of the molecule is N#CC1(c2ccc(Br)nc2)CCC(F)(F)CC1. The van der Waals surface area contributed by atoms with Crippen LogP contribution in [0.5, 0.6) is 0 Å². The van der Waals surface area contributed by atoms with E-state index >= 15 is 0 Å². The monoisotopic (exact) mass is 300 g/mol. The Morgan fingerprint density at radius 2 is 1.88 bits per heavy atom. The third-order valence-electron chi connectivity index (χ3n) is 3.33.